The number of carbonyl (C=O) groups is 1. The van der Waals surface area contributed by atoms with E-state index in [1.165, 1.54) is 6.33 Å². The highest BCUT2D eigenvalue weighted by Gasteiger charge is 2.29. The summed E-state index contributed by atoms with van der Waals surface area (Å²) >= 11 is 0. The maximum atomic E-state index is 13.1. The number of nitrogens with zero attached hydrogens (tertiary/aromatic N) is 5. The predicted octanol–water partition coefficient (Wildman–Crippen LogP) is 1.34. The maximum absolute atomic E-state index is 13.1. The van der Waals surface area contributed by atoms with Crippen LogP contribution in [0.5, 0.6) is 0 Å². The molecule has 2 aromatic rings. The van der Waals surface area contributed by atoms with Gasteiger partial charge in [-0.15, -0.1) is 5.10 Å². The van der Waals surface area contributed by atoms with Gasteiger partial charge in [-0.1, -0.05) is 30.3 Å². The number of aromatic nitrogens is 4. The number of tetrazole rings is 1. The van der Waals surface area contributed by atoms with Gasteiger partial charge in [0.2, 0.25) is 5.91 Å². The van der Waals surface area contributed by atoms with E-state index in [1.54, 1.807) is 4.68 Å². The van der Waals surface area contributed by atoms with Crippen LogP contribution in [0.4, 0.5) is 0 Å². The molecule has 1 aliphatic heterocycles. The molecule has 1 aromatic carbocycles. The average molecular weight is 329 g/mol. The van der Waals surface area contributed by atoms with Gasteiger partial charge in [-0.25, -0.2) is 4.68 Å². The highest BCUT2D eigenvalue weighted by atomic mass is 16.5. The molecule has 1 amide bonds. The summed E-state index contributed by atoms with van der Waals surface area (Å²) in [7, 11) is 0. The molecule has 0 spiro atoms. The third kappa shape index (κ3) is 3.97. The monoisotopic (exact) mass is 329 g/mol. The molecule has 1 saturated heterocycles. The first-order valence-corrected chi connectivity index (χ1v) is 8.41. The van der Waals surface area contributed by atoms with Crippen molar-refractivity contribution in [2.45, 2.75) is 25.8 Å². The molecule has 0 aliphatic carbocycles. The Morgan fingerprint density at radius 2 is 2.25 bits per heavy atom. The number of ether oxygens (including phenoxy) is 1. The van der Waals surface area contributed by atoms with E-state index < -0.39 is 6.04 Å². The first-order chi connectivity index (χ1) is 11.8. The van der Waals surface area contributed by atoms with Gasteiger partial charge in [0.15, 0.2) is 0 Å². The van der Waals surface area contributed by atoms with Gasteiger partial charge < -0.3 is 9.64 Å². The molecule has 0 saturated carbocycles. The molecule has 0 bridgehead atoms. The Kier molecular flexibility index (Phi) is 5.53. The van der Waals surface area contributed by atoms with Crippen LogP contribution >= 0.6 is 0 Å². The highest BCUT2D eigenvalue weighted by Crippen LogP contribution is 2.19. The summed E-state index contributed by atoms with van der Waals surface area (Å²) in [6.07, 6.45) is 3.10. The largest absolute Gasteiger partial charge is 0.381 e. The molecule has 1 fully saturated rings. The molecular formula is C17H23N5O2. The normalized spacial score (nSPS) is 18.5. The van der Waals surface area contributed by atoms with Crippen LogP contribution in [0.25, 0.3) is 0 Å². The molecule has 1 aromatic heterocycles. The molecule has 7 heteroatoms. The summed E-state index contributed by atoms with van der Waals surface area (Å²) in [5.74, 6) is 0.473. The van der Waals surface area contributed by atoms with E-state index in [4.69, 9.17) is 4.74 Å². The van der Waals surface area contributed by atoms with Crippen molar-refractivity contribution in [3.05, 3.63) is 42.2 Å². The van der Waals surface area contributed by atoms with E-state index >= 15 is 0 Å². The van der Waals surface area contributed by atoms with Gasteiger partial charge in [0.05, 0.1) is 6.61 Å². The Bertz CT molecular complexity index is 626. The van der Waals surface area contributed by atoms with Gasteiger partial charge in [-0.2, -0.15) is 0 Å². The number of carbonyl (C=O) groups excluding carboxylic acids is 1. The number of hydrogen-bond acceptors (Lipinski definition) is 5. The van der Waals surface area contributed by atoms with Crippen LogP contribution in [-0.4, -0.2) is 57.3 Å². The maximum Gasteiger partial charge on any atom is 0.247 e. The Labute approximate surface area is 141 Å². The lowest BCUT2D eigenvalue weighted by atomic mass is 10.0. The Balaban J connectivity index is 1.76. The standard InChI is InChI=1S/C17H23N5O2/c1-2-21(11-15-8-9-24-12-15)17(23)16(22-13-18-19-20-22)10-14-6-4-3-5-7-14/h3-7,13,15-16H,2,8-12H2,1H3/t15-,16+/m0/s1. The third-order valence-electron chi connectivity index (χ3n) is 4.44. The van der Waals surface area contributed by atoms with Crippen molar-refractivity contribution in [2.24, 2.45) is 5.92 Å². The summed E-state index contributed by atoms with van der Waals surface area (Å²) in [6, 6.07) is 9.53. The third-order valence-corrected chi connectivity index (χ3v) is 4.44. The lowest BCUT2D eigenvalue weighted by Gasteiger charge is -2.28. The Morgan fingerprint density at radius 3 is 2.88 bits per heavy atom. The molecule has 2 atom stereocenters. The minimum absolute atomic E-state index is 0.0561. The fourth-order valence-electron chi connectivity index (χ4n) is 3.07. The van der Waals surface area contributed by atoms with Crippen LogP contribution in [0.2, 0.25) is 0 Å². The highest BCUT2D eigenvalue weighted by molar-refractivity contribution is 5.80. The fraction of sp³-hybridized carbons (Fsp3) is 0.529. The minimum atomic E-state index is -0.426. The molecule has 1 aliphatic rings. The van der Waals surface area contributed by atoms with Crippen LogP contribution < -0.4 is 0 Å². The van der Waals surface area contributed by atoms with Crippen LogP contribution in [0.3, 0.4) is 0 Å². The lowest BCUT2D eigenvalue weighted by molar-refractivity contribution is -0.135. The summed E-state index contributed by atoms with van der Waals surface area (Å²) in [4.78, 5) is 15.0. The molecular weight excluding hydrogens is 306 g/mol. The van der Waals surface area contributed by atoms with E-state index in [0.29, 0.717) is 18.9 Å². The molecule has 0 N–H and O–H groups in total. The lowest BCUT2D eigenvalue weighted by Crippen LogP contribution is -2.41. The number of hydrogen-bond donors (Lipinski definition) is 0. The van der Waals surface area contributed by atoms with Gasteiger partial charge in [0.1, 0.15) is 12.4 Å². The average Bonchev–Trinajstić information content (AvgIpc) is 3.31. The first kappa shape index (κ1) is 16.6. The topological polar surface area (TPSA) is 73.1 Å². The van der Waals surface area contributed by atoms with Crippen molar-refractivity contribution in [2.75, 3.05) is 26.3 Å². The summed E-state index contributed by atoms with van der Waals surface area (Å²) in [5.41, 5.74) is 1.09. The molecule has 2 heterocycles. The molecule has 0 radical (unpaired) electrons. The summed E-state index contributed by atoms with van der Waals surface area (Å²) in [5, 5.41) is 11.4. The molecule has 0 unspecified atom stereocenters. The second kappa shape index (κ2) is 8.01. The van der Waals surface area contributed by atoms with Gasteiger partial charge in [-0.3, -0.25) is 4.79 Å². The smallest absolute Gasteiger partial charge is 0.247 e. The first-order valence-electron chi connectivity index (χ1n) is 8.41. The zero-order chi connectivity index (χ0) is 16.8. The number of amides is 1. The van der Waals surface area contributed by atoms with Gasteiger partial charge in [0, 0.05) is 32.0 Å². The molecule has 3 rings (SSSR count). The number of rotatable bonds is 7. The van der Waals surface area contributed by atoms with Crippen LogP contribution in [0.15, 0.2) is 36.7 Å². The Hall–Kier alpha value is -2.28. The van der Waals surface area contributed by atoms with E-state index in [2.05, 4.69) is 15.5 Å². The summed E-state index contributed by atoms with van der Waals surface area (Å²) < 4.78 is 6.99. The van der Waals surface area contributed by atoms with Crippen molar-refractivity contribution in [3.63, 3.8) is 0 Å². The van der Waals surface area contributed by atoms with Gasteiger partial charge >= 0.3 is 0 Å². The zero-order valence-corrected chi connectivity index (χ0v) is 13.9. The predicted molar refractivity (Wildman–Crippen MR) is 88.2 cm³/mol. The van der Waals surface area contributed by atoms with E-state index in [-0.39, 0.29) is 5.91 Å². The van der Waals surface area contributed by atoms with Crippen LogP contribution in [-0.2, 0) is 16.0 Å². The second-order valence-corrected chi connectivity index (χ2v) is 6.10. The Morgan fingerprint density at radius 1 is 1.42 bits per heavy atom. The number of benzene rings is 1. The molecule has 7 nitrogen and oxygen atoms in total. The van der Waals surface area contributed by atoms with E-state index in [1.807, 2.05) is 42.2 Å². The molecule has 24 heavy (non-hydrogen) atoms. The van der Waals surface area contributed by atoms with Crippen LogP contribution in [0, 0.1) is 5.92 Å². The second-order valence-electron chi connectivity index (χ2n) is 6.10. The SMILES string of the molecule is CCN(C[C@@H]1CCOC1)C(=O)[C@@H](Cc1ccccc1)n1cnnn1. The quantitative estimate of drug-likeness (QED) is 0.766. The van der Waals surface area contributed by atoms with Crippen molar-refractivity contribution >= 4 is 5.91 Å². The van der Waals surface area contributed by atoms with E-state index in [0.717, 1.165) is 31.7 Å². The van der Waals surface area contributed by atoms with Crippen molar-refractivity contribution < 1.29 is 9.53 Å². The van der Waals surface area contributed by atoms with Crippen LogP contribution in [0.1, 0.15) is 24.9 Å². The molecule has 128 valence electrons. The minimum Gasteiger partial charge on any atom is -0.381 e. The van der Waals surface area contributed by atoms with Gasteiger partial charge in [-0.05, 0) is 29.3 Å². The number of likely N-dealkylation sites (N-methyl/N-ethyl adjacent to an activating group) is 1. The van der Waals surface area contributed by atoms with E-state index in [9.17, 15) is 4.79 Å². The zero-order valence-electron chi connectivity index (χ0n) is 13.9. The van der Waals surface area contributed by atoms with Crippen molar-refractivity contribution in [1.29, 1.82) is 0 Å². The van der Waals surface area contributed by atoms with Crippen molar-refractivity contribution in [3.8, 4) is 0 Å². The van der Waals surface area contributed by atoms with Crippen molar-refractivity contribution in [1.82, 2.24) is 25.1 Å². The van der Waals surface area contributed by atoms with Gasteiger partial charge in [0.25, 0.3) is 0 Å². The summed E-state index contributed by atoms with van der Waals surface area (Å²) in [6.45, 7) is 4.92. The fourth-order valence-corrected chi connectivity index (χ4v) is 3.07.